The zero-order valence-electron chi connectivity index (χ0n) is 36.2. The summed E-state index contributed by atoms with van der Waals surface area (Å²) in [5.74, 6) is 0. The van der Waals surface area contributed by atoms with E-state index in [1.807, 2.05) is 24.3 Å². The summed E-state index contributed by atoms with van der Waals surface area (Å²) in [6.45, 7) is 27.1. The van der Waals surface area contributed by atoms with Crippen molar-refractivity contribution in [3.8, 4) is 34.6 Å². The van der Waals surface area contributed by atoms with Crippen LogP contribution >= 0.6 is 0 Å². The highest BCUT2D eigenvalue weighted by molar-refractivity contribution is 6.11. The van der Waals surface area contributed by atoms with Crippen LogP contribution in [0, 0.1) is 22.7 Å². The average molecular weight is 759 g/mol. The Kier molecular flexibility index (Phi) is 8.84. The highest BCUT2D eigenvalue weighted by atomic mass is 15.0. The summed E-state index contributed by atoms with van der Waals surface area (Å²) in [4.78, 5) is 0. The van der Waals surface area contributed by atoms with Crippen LogP contribution < -0.4 is 0 Å². The molecule has 0 spiro atoms. The lowest BCUT2D eigenvalue weighted by molar-refractivity contribution is 0.590. The maximum absolute atomic E-state index is 10.6. The van der Waals surface area contributed by atoms with E-state index in [9.17, 15) is 10.5 Å². The van der Waals surface area contributed by atoms with E-state index in [1.54, 1.807) is 0 Å². The molecule has 8 rings (SSSR count). The molecule has 0 N–H and O–H groups in total. The van der Waals surface area contributed by atoms with Gasteiger partial charge in [0.1, 0.15) is 0 Å². The largest absolute Gasteiger partial charge is 0.309 e. The van der Waals surface area contributed by atoms with Gasteiger partial charge in [-0.05, 0) is 129 Å². The molecular weight excluding hydrogens is 705 g/mol. The highest BCUT2D eigenvalue weighted by Gasteiger charge is 2.24. The van der Waals surface area contributed by atoms with Crippen LogP contribution in [0.2, 0.25) is 0 Å². The number of fused-ring (bicyclic) bond motifs is 6. The molecule has 0 radical (unpaired) electrons. The molecule has 0 saturated heterocycles. The summed E-state index contributed by atoms with van der Waals surface area (Å²) in [5, 5.41) is 26.0. The van der Waals surface area contributed by atoms with Crippen molar-refractivity contribution in [2.24, 2.45) is 0 Å². The third-order valence-electron chi connectivity index (χ3n) is 12.0. The molecule has 0 bridgehead atoms. The number of nitrogens with zero attached hydrogens (tertiary/aromatic N) is 4. The second-order valence-corrected chi connectivity index (χ2v) is 20.3. The van der Waals surface area contributed by atoms with Gasteiger partial charge in [0.05, 0.1) is 45.3 Å². The van der Waals surface area contributed by atoms with Gasteiger partial charge in [-0.2, -0.15) is 10.5 Å². The predicted molar refractivity (Wildman–Crippen MR) is 245 cm³/mol. The molecule has 0 amide bonds. The van der Waals surface area contributed by atoms with E-state index in [0.29, 0.717) is 11.1 Å². The topological polar surface area (TPSA) is 57.4 Å². The van der Waals surface area contributed by atoms with Crippen LogP contribution in [0.4, 0.5) is 0 Å². The lowest BCUT2D eigenvalue weighted by atomic mass is 9.85. The van der Waals surface area contributed by atoms with E-state index in [2.05, 4.69) is 189 Å². The number of hydrogen-bond acceptors (Lipinski definition) is 2. The Morgan fingerprint density at radius 2 is 0.603 bits per heavy atom. The summed E-state index contributed by atoms with van der Waals surface area (Å²) in [7, 11) is 0. The van der Waals surface area contributed by atoms with Crippen LogP contribution in [0.25, 0.3) is 66.1 Å². The molecule has 0 aliphatic carbocycles. The molecular formula is C54H54N4. The molecule has 8 aromatic rings. The van der Waals surface area contributed by atoms with Crippen molar-refractivity contribution in [3.63, 3.8) is 0 Å². The van der Waals surface area contributed by atoms with Crippen molar-refractivity contribution in [1.29, 1.82) is 10.5 Å². The smallest absolute Gasteiger partial charge is 0.0998 e. The normalized spacial score (nSPS) is 12.8. The Bertz CT molecular complexity index is 2700. The van der Waals surface area contributed by atoms with E-state index in [0.717, 1.165) is 44.6 Å². The maximum atomic E-state index is 10.6. The molecule has 58 heavy (non-hydrogen) atoms. The lowest BCUT2D eigenvalue weighted by Gasteiger charge is -2.19. The van der Waals surface area contributed by atoms with E-state index >= 15 is 0 Å². The minimum absolute atomic E-state index is 0.00922. The summed E-state index contributed by atoms with van der Waals surface area (Å²) < 4.78 is 4.63. The molecule has 0 aliphatic heterocycles. The van der Waals surface area contributed by atoms with Crippen molar-refractivity contribution in [1.82, 2.24) is 9.13 Å². The Balaban J connectivity index is 1.38. The van der Waals surface area contributed by atoms with Crippen molar-refractivity contribution >= 4 is 43.6 Å². The van der Waals surface area contributed by atoms with E-state index in [1.165, 1.54) is 43.8 Å². The van der Waals surface area contributed by atoms with Crippen molar-refractivity contribution in [3.05, 3.63) is 143 Å². The molecule has 0 unspecified atom stereocenters. The van der Waals surface area contributed by atoms with Gasteiger partial charge < -0.3 is 9.13 Å². The molecule has 0 fully saturated rings. The Morgan fingerprint density at radius 1 is 0.345 bits per heavy atom. The first-order valence-corrected chi connectivity index (χ1v) is 20.5. The second-order valence-electron chi connectivity index (χ2n) is 20.3. The van der Waals surface area contributed by atoms with Gasteiger partial charge in [0.25, 0.3) is 0 Å². The number of benzene rings is 6. The van der Waals surface area contributed by atoms with Gasteiger partial charge in [-0.1, -0.05) is 107 Å². The van der Waals surface area contributed by atoms with Gasteiger partial charge in [-0.15, -0.1) is 0 Å². The van der Waals surface area contributed by atoms with Crippen LogP contribution in [-0.4, -0.2) is 9.13 Å². The second kappa shape index (κ2) is 13.2. The van der Waals surface area contributed by atoms with Crippen molar-refractivity contribution in [2.45, 2.75) is 105 Å². The fourth-order valence-corrected chi connectivity index (χ4v) is 8.45. The van der Waals surface area contributed by atoms with Crippen molar-refractivity contribution < 1.29 is 0 Å². The summed E-state index contributed by atoms with van der Waals surface area (Å²) in [6.07, 6.45) is 0. The quantitative estimate of drug-likeness (QED) is 0.180. The van der Waals surface area contributed by atoms with Crippen molar-refractivity contribution in [2.75, 3.05) is 0 Å². The third kappa shape index (κ3) is 6.46. The maximum Gasteiger partial charge on any atom is 0.0998 e. The molecule has 290 valence electrons. The molecule has 0 atom stereocenters. The van der Waals surface area contributed by atoms with Gasteiger partial charge >= 0.3 is 0 Å². The van der Waals surface area contributed by atoms with Gasteiger partial charge in [0, 0.05) is 44.0 Å². The third-order valence-corrected chi connectivity index (χ3v) is 12.0. The fraction of sp³-hybridized carbons (Fsp3) is 0.296. The molecule has 2 heterocycles. The van der Waals surface area contributed by atoms with Gasteiger partial charge in [0.15, 0.2) is 0 Å². The highest BCUT2D eigenvalue weighted by Crippen LogP contribution is 2.41. The first-order chi connectivity index (χ1) is 27.2. The number of rotatable bonds is 3. The summed E-state index contributed by atoms with van der Waals surface area (Å²) >= 11 is 0. The van der Waals surface area contributed by atoms with Crippen LogP contribution in [0.5, 0.6) is 0 Å². The monoisotopic (exact) mass is 758 g/mol. The first kappa shape index (κ1) is 38.8. The minimum atomic E-state index is -0.00922. The SMILES string of the molecule is CC(C)(C)c1ccc2c(c1)c1cc(C(C)(C)C)ccc1n2-c1ccc(C#N)c(-c2cc(-n3c4ccc(C(C)(C)C)cc4c4cc(C(C)(C)C)ccc43)ccc2C#N)c1. The van der Waals surface area contributed by atoms with Gasteiger partial charge in [-0.25, -0.2) is 0 Å². The zero-order valence-corrected chi connectivity index (χ0v) is 36.2. The lowest BCUT2D eigenvalue weighted by Crippen LogP contribution is -2.10. The Morgan fingerprint density at radius 3 is 0.828 bits per heavy atom. The zero-order chi connectivity index (χ0) is 41.7. The van der Waals surface area contributed by atoms with Crippen LogP contribution in [0.15, 0.2) is 109 Å². The number of nitriles is 2. The molecule has 4 nitrogen and oxygen atoms in total. The Labute approximate surface area is 344 Å². The molecule has 0 saturated carbocycles. The molecule has 0 aliphatic rings. The predicted octanol–water partition coefficient (Wildman–Crippen LogP) is 14.5. The number of aromatic nitrogens is 2. The Hall–Kier alpha value is -6.10. The standard InChI is InChI=1S/C54H54N4/c1-51(2,3)35-15-21-47-43(25-35)44-26-36(52(4,5)6)16-22-48(44)57(47)39-19-13-33(31-55)41(29-39)42-30-40(20-14-34(42)32-56)58-49-23-17-37(53(7,8)9)27-45(49)46-28-38(54(10,11)12)18-24-50(46)58/h13-30H,1-12H3. The molecule has 6 aromatic carbocycles. The van der Waals surface area contributed by atoms with Crippen LogP contribution in [0.3, 0.4) is 0 Å². The van der Waals surface area contributed by atoms with E-state index in [4.69, 9.17) is 0 Å². The van der Waals surface area contributed by atoms with Crippen LogP contribution in [-0.2, 0) is 21.7 Å². The molecule has 2 aromatic heterocycles. The first-order valence-electron chi connectivity index (χ1n) is 20.5. The average Bonchev–Trinajstić information content (AvgIpc) is 3.67. The van der Waals surface area contributed by atoms with E-state index < -0.39 is 0 Å². The number of hydrogen-bond donors (Lipinski definition) is 0. The van der Waals surface area contributed by atoms with Gasteiger partial charge in [0.2, 0.25) is 0 Å². The summed E-state index contributed by atoms with van der Waals surface area (Å²) in [5.41, 5.74) is 13.9. The minimum Gasteiger partial charge on any atom is -0.309 e. The van der Waals surface area contributed by atoms with E-state index in [-0.39, 0.29) is 21.7 Å². The van der Waals surface area contributed by atoms with Gasteiger partial charge in [-0.3, -0.25) is 0 Å². The summed E-state index contributed by atoms with van der Waals surface area (Å²) in [6, 6.07) is 44.4. The molecule has 4 heteroatoms. The fourth-order valence-electron chi connectivity index (χ4n) is 8.45. The van der Waals surface area contributed by atoms with Crippen LogP contribution in [0.1, 0.15) is 116 Å².